The molecule has 0 atom stereocenters. The number of piperidine rings is 1. The van der Waals surface area contributed by atoms with Gasteiger partial charge in [-0.15, -0.1) is 0 Å². The van der Waals surface area contributed by atoms with E-state index in [1.165, 1.54) is 16.7 Å². The van der Waals surface area contributed by atoms with Crippen LogP contribution in [0.2, 0.25) is 0 Å². The molecule has 0 saturated carbocycles. The second-order valence-corrected chi connectivity index (χ2v) is 7.03. The number of benzene rings is 2. The number of urea groups is 1. The van der Waals surface area contributed by atoms with Crippen molar-refractivity contribution in [2.45, 2.75) is 32.6 Å². The van der Waals surface area contributed by atoms with E-state index < -0.39 is 0 Å². The summed E-state index contributed by atoms with van der Waals surface area (Å²) in [5, 5.41) is 3.08. The van der Waals surface area contributed by atoms with Gasteiger partial charge in [0, 0.05) is 19.6 Å². The smallest absolute Gasteiger partial charge is 0.317 e. The van der Waals surface area contributed by atoms with E-state index >= 15 is 0 Å². The van der Waals surface area contributed by atoms with Gasteiger partial charge < -0.3 is 10.2 Å². The standard InChI is InChI=1S/C22H28N2O/c1-18-7-5-6-10-21(18)11-14-23-22(25)24-15-12-20(13-16-24)17-19-8-3-2-4-9-19/h2-10,20H,11-17H2,1H3,(H,23,25). The van der Waals surface area contributed by atoms with Gasteiger partial charge in [0.25, 0.3) is 0 Å². The van der Waals surface area contributed by atoms with Gasteiger partial charge in [-0.2, -0.15) is 0 Å². The number of rotatable bonds is 5. The SMILES string of the molecule is Cc1ccccc1CCNC(=O)N1CCC(Cc2ccccc2)CC1. The van der Waals surface area contributed by atoms with E-state index in [1.807, 2.05) is 4.90 Å². The number of aryl methyl sites for hydroxylation is 1. The van der Waals surface area contributed by atoms with Gasteiger partial charge in [0.05, 0.1) is 0 Å². The molecule has 0 spiro atoms. The quantitative estimate of drug-likeness (QED) is 0.872. The molecule has 1 aliphatic heterocycles. The second-order valence-electron chi connectivity index (χ2n) is 7.03. The molecule has 3 nitrogen and oxygen atoms in total. The summed E-state index contributed by atoms with van der Waals surface area (Å²) in [4.78, 5) is 14.3. The number of nitrogens with one attached hydrogen (secondary N) is 1. The molecule has 2 aromatic rings. The first-order valence-electron chi connectivity index (χ1n) is 9.33. The molecular weight excluding hydrogens is 308 g/mol. The molecule has 3 heteroatoms. The Labute approximate surface area is 151 Å². The van der Waals surface area contributed by atoms with Crippen molar-refractivity contribution in [3.05, 3.63) is 71.3 Å². The minimum Gasteiger partial charge on any atom is -0.338 e. The highest BCUT2D eigenvalue weighted by atomic mass is 16.2. The predicted octanol–water partition coefficient (Wildman–Crippen LogP) is 4.20. The molecule has 0 radical (unpaired) electrons. The number of hydrogen-bond acceptors (Lipinski definition) is 1. The number of carbonyl (C=O) groups excluding carboxylic acids is 1. The first kappa shape index (κ1) is 17.5. The molecule has 132 valence electrons. The molecule has 1 aliphatic rings. The van der Waals surface area contributed by atoms with Crippen LogP contribution in [0.25, 0.3) is 0 Å². The van der Waals surface area contributed by atoms with Crippen LogP contribution in [0, 0.1) is 12.8 Å². The van der Waals surface area contributed by atoms with Gasteiger partial charge in [-0.05, 0) is 55.2 Å². The highest BCUT2D eigenvalue weighted by Gasteiger charge is 2.22. The summed E-state index contributed by atoms with van der Waals surface area (Å²) in [6, 6.07) is 19.1. The van der Waals surface area contributed by atoms with Gasteiger partial charge in [-0.25, -0.2) is 4.79 Å². The zero-order valence-corrected chi connectivity index (χ0v) is 15.1. The maximum Gasteiger partial charge on any atom is 0.317 e. The summed E-state index contributed by atoms with van der Waals surface area (Å²) in [6.07, 6.45) is 4.21. The van der Waals surface area contributed by atoms with E-state index in [2.05, 4.69) is 66.8 Å². The fourth-order valence-corrected chi connectivity index (χ4v) is 3.59. The third kappa shape index (κ3) is 5.09. The van der Waals surface area contributed by atoms with Crippen molar-refractivity contribution in [1.82, 2.24) is 10.2 Å². The average molecular weight is 336 g/mol. The largest absolute Gasteiger partial charge is 0.338 e. The molecule has 3 rings (SSSR count). The lowest BCUT2D eigenvalue weighted by molar-refractivity contribution is 0.170. The predicted molar refractivity (Wildman–Crippen MR) is 103 cm³/mol. The van der Waals surface area contributed by atoms with Gasteiger partial charge >= 0.3 is 6.03 Å². The van der Waals surface area contributed by atoms with Crippen molar-refractivity contribution >= 4 is 6.03 Å². The maximum absolute atomic E-state index is 12.4. The van der Waals surface area contributed by atoms with E-state index in [-0.39, 0.29) is 6.03 Å². The lowest BCUT2D eigenvalue weighted by Gasteiger charge is -2.32. The van der Waals surface area contributed by atoms with E-state index in [4.69, 9.17) is 0 Å². The van der Waals surface area contributed by atoms with Crippen molar-refractivity contribution in [2.24, 2.45) is 5.92 Å². The number of nitrogens with zero attached hydrogens (tertiary/aromatic N) is 1. The zero-order chi connectivity index (χ0) is 17.5. The van der Waals surface area contributed by atoms with E-state index in [0.29, 0.717) is 12.5 Å². The summed E-state index contributed by atoms with van der Waals surface area (Å²) >= 11 is 0. The van der Waals surface area contributed by atoms with Crippen LogP contribution in [-0.4, -0.2) is 30.6 Å². The molecule has 1 saturated heterocycles. The molecule has 0 unspecified atom stereocenters. The molecule has 1 N–H and O–H groups in total. The van der Waals surface area contributed by atoms with E-state index in [1.54, 1.807) is 0 Å². The molecule has 2 aromatic carbocycles. The number of hydrogen-bond donors (Lipinski definition) is 1. The fraction of sp³-hybridized carbons (Fsp3) is 0.409. The van der Waals surface area contributed by atoms with Gasteiger partial charge in [0.2, 0.25) is 0 Å². The zero-order valence-electron chi connectivity index (χ0n) is 15.1. The highest BCUT2D eigenvalue weighted by molar-refractivity contribution is 5.74. The summed E-state index contributed by atoms with van der Waals surface area (Å²) in [7, 11) is 0. The van der Waals surface area contributed by atoms with Crippen molar-refractivity contribution in [3.63, 3.8) is 0 Å². The van der Waals surface area contributed by atoms with Crippen molar-refractivity contribution in [2.75, 3.05) is 19.6 Å². The third-order valence-corrected chi connectivity index (χ3v) is 5.20. The Balaban J connectivity index is 1.39. The van der Waals surface area contributed by atoms with Crippen molar-refractivity contribution in [3.8, 4) is 0 Å². The number of likely N-dealkylation sites (tertiary alicyclic amines) is 1. The molecule has 1 heterocycles. The average Bonchev–Trinajstić information content (AvgIpc) is 2.65. The first-order chi connectivity index (χ1) is 12.2. The molecule has 0 bridgehead atoms. The molecule has 0 aliphatic carbocycles. The Morgan fingerprint density at radius 3 is 2.44 bits per heavy atom. The van der Waals surface area contributed by atoms with Crippen LogP contribution in [0.3, 0.4) is 0 Å². The van der Waals surface area contributed by atoms with E-state index in [9.17, 15) is 4.79 Å². The molecule has 2 amide bonds. The van der Waals surface area contributed by atoms with Crippen molar-refractivity contribution in [1.29, 1.82) is 0 Å². The second kappa shape index (κ2) is 8.70. The van der Waals surface area contributed by atoms with Crippen LogP contribution in [0.1, 0.15) is 29.5 Å². The summed E-state index contributed by atoms with van der Waals surface area (Å²) in [5.41, 5.74) is 4.01. The van der Waals surface area contributed by atoms with Crippen LogP contribution < -0.4 is 5.32 Å². The Kier molecular flexibility index (Phi) is 6.10. The monoisotopic (exact) mass is 336 g/mol. The first-order valence-corrected chi connectivity index (χ1v) is 9.33. The summed E-state index contributed by atoms with van der Waals surface area (Å²) in [6.45, 7) is 4.56. The van der Waals surface area contributed by atoms with Gasteiger partial charge in [0.15, 0.2) is 0 Å². The molecule has 25 heavy (non-hydrogen) atoms. The Bertz CT molecular complexity index is 675. The van der Waals surface area contributed by atoms with E-state index in [0.717, 1.165) is 38.8 Å². The Hall–Kier alpha value is -2.29. The van der Waals surface area contributed by atoms with Crippen LogP contribution in [0.5, 0.6) is 0 Å². The van der Waals surface area contributed by atoms with Crippen LogP contribution in [0.15, 0.2) is 54.6 Å². The summed E-state index contributed by atoms with van der Waals surface area (Å²) in [5.74, 6) is 0.693. The van der Waals surface area contributed by atoms with Crippen LogP contribution in [-0.2, 0) is 12.8 Å². The third-order valence-electron chi connectivity index (χ3n) is 5.20. The van der Waals surface area contributed by atoms with Gasteiger partial charge in [0.1, 0.15) is 0 Å². The van der Waals surface area contributed by atoms with Crippen LogP contribution >= 0.6 is 0 Å². The van der Waals surface area contributed by atoms with Crippen LogP contribution in [0.4, 0.5) is 4.79 Å². The van der Waals surface area contributed by atoms with Gasteiger partial charge in [-0.1, -0.05) is 54.6 Å². The maximum atomic E-state index is 12.4. The molecule has 1 fully saturated rings. The minimum atomic E-state index is 0.0896. The van der Waals surface area contributed by atoms with Crippen molar-refractivity contribution < 1.29 is 4.79 Å². The van der Waals surface area contributed by atoms with Gasteiger partial charge in [-0.3, -0.25) is 0 Å². The topological polar surface area (TPSA) is 32.3 Å². The minimum absolute atomic E-state index is 0.0896. The number of amides is 2. The lowest BCUT2D eigenvalue weighted by Crippen LogP contribution is -2.45. The highest BCUT2D eigenvalue weighted by Crippen LogP contribution is 2.21. The fourth-order valence-electron chi connectivity index (χ4n) is 3.59. The molecular formula is C22H28N2O. The Morgan fingerprint density at radius 2 is 1.72 bits per heavy atom. The Morgan fingerprint density at radius 1 is 1.04 bits per heavy atom. The molecule has 0 aromatic heterocycles. The normalized spacial score (nSPS) is 15.2. The number of carbonyl (C=O) groups is 1. The summed E-state index contributed by atoms with van der Waals surface area (Å²) < 4.78 is 0. The lowest BCUT2D eigenvalue weighted by atomic mass is 9.90.